The van der Waals surface area contributed by atoms with E-state index in [-0.39, 0.29) is 18.5 Å². The largest absolute Gasteiger partial charge is 0.325 e. The first kappa shape index (κ1) is 18.3. The lowest BCUT2D eigenvalue weighted by molar-refractivity contribution is -0.116. The number of nitrogens with zero attached hydrogens (tertiary/aromatic N) is 2. The maximum absolute atomic E-state index is 12.6. The predicted octanol–water partition coefficient (Wildman–Crippen LogP) is 4.34. The number of para-hydroxylation sites is 1. The van der Waals surface area contributed by atoms with Gasteiger partial charge in [0.15, 0.2) is 0 Å². The molecule has 1 N–H and O–H groups in total. The summed E-state index contributed by atoms with van der Waals surface area (Å²) >= 11 is 6.05. The van der Waals surface area contributed by atoms with Crippen molar-refractivity contribution < 1.29 is 9.59 Å². The smallest absolute Gasteiger partial charge is 0.323 e. The molecule has 0 saturated carbocycles. The van der Waals surface area contributed by atoms with Gasteiger partial charge in [0, 0.05) is 18.8 Å². The molecule has 0 aliphatic carbocycles. The fourth-order valence-electron chi connectivity index (χ4n) is 2.93. The van der Waals surface area contributed by atoms with Crippen molar-refractivity contribution in [1.82, 2.24) is 4.90 Å². The summed E-state index contributed by atoms with van der Waals surface area (Å²) in [6.45, 7) is 5.36. The number of nitrogens with one attached hydrogen (secondary N) is 1. The summed E-state index contributed by atoms with van der Waals surface area (Å²) < 4.78 is 0. The molecule has 1 aliphatic rings. The van der Waals surface area contributed by atoms with Gasteiger partial charge in [-0.1, -0.05) is 49.7 Å². The molecule has 26 heavy (non-hydrogen) atoms. The monoisotopic (exact) mass is 371 g/mol. The molecule has 0 radical (unpaired) electrons. The molecule has 1 aliphatic heterocycles. The minimum Gasteiger partial charge on any atom is -0.323 e. The van der Waals surface area contributed by atoms with E-state index in [1.807, 2.05) is 24.3 Å². The molecular formula is C20H22ClN3O2. The first-order valence-corrected chi connectivity index (χ1v) is 9.04. The summed E-state index contributed by atoms with van der Waals surface area (Å²) in [4.78, 5) is 28.1. The van der Waals surface area contributed by atoms with Crippen molar-refractivity contribution >= 4 is 34.9 Å². The zero-order chi connectivity index (χ0) is 18.7. The Morgan fingerprint density at radius 3 is 2.46 bits per heavy atom. The molecule has 0 aromatic heterocycles. The van der Waals surface area contributed by atoms with Crippen LogP contribution in [0.3, 0.4) is 0 Å². The Bertz CT molecular complexity index is 805. The van der Waals surface area contributed by atoms with E-state index in [0.29, 0.717) is 29.7 Å². The molecule has 2 aromatic carbocycles. The molecule has 0 bridgehead atoms. The van der Waals surface area contributed by atoms with E-state index < -0.39 is 0 Å². The van der Waals surface area contributed by atoms with Crippen molar-refractivity contribution in [3.8, 4) is 0 Å². The lowest BCUT2D eigenvalue weighted by Crippen LogP contribution is -2.37. The normalized spacial score (nSPS) is 14.2. The minimum absolute atomic E-state index is 0.00460. The number of halogens is 1. The standard InChI is InChI=1S/C20H22ClN3O2/c1-14(2)15-7-9-16(10-8-15)24-12-11-23(20(24)26)13-19(25)22-18-6-4-3-5-17(18)21/h3-10,14H,11-13H2,1-2H3,(H,22,25). The summed E-state index contributed by atoms with van der Waals surface area (Å²) in [6.07, 6.45) is 0. The molecule has 2 aromatic rings. The zero-order valence-corrected chi connectivity index (χ0v) is 15.7. The predicted molar refractivity (Wildman–Crippen MR) is 105 cm³/mol. The SMILES string of the molecule is CC(C)c1ccc(N2CCN(CC(=O)Nc3ccccc3Cl)C2=O)cc1. The van der Waals surface area contributed by atoms with Gasteiger partial charge >= 0.3 is 6.03 Å². The van der Waals surface area contributed by atoms with Crippen LogP contribution in [0, 0.1) is 0 Å². The number of hydrogen-bond acceptors (Lipinski definition) is 2. The second-order valence-electron chi connectivity index (χ2n) is 6.63. The minimum atomic E-state index is -0.261. The number of rotatable bonds is 5. The number of urea groups is 1. The number of carbonyl (C=O) groups is 2. The quantitative estimate of drug-likeness (QED) is 0.849. The molecule has 0 unspecified atom stereocenters. The fourth-order valence-corrected chi connectivity index (χ4v) is 3.12. The summed E-state index contributed by atoms with van der Waals surface area (Å²) in [5.74, 6) is 0.187. The molecule has 1 fully saturated rings. The molecule has 5 nitrogen and oxygen atoms in total. The third kappa shape index (κ3) is 3.99. The lowest BCUT2D eigenvalue weighted by atomic mass is 10.0. The van der Waals surface area contributed by atoms with Crippen LogP contribution in [-0.4, -0.2) is 36.5 Å². The van der Waals surface area contributed by atoms with Crippen LogP contribution in [0.15, 0.2) is 48.5 Å². The first-order valence-electron chi connectivity index (χ1n) is 8.66. The average molecular weight is 372 g/mol. The number of anilines is 2. The molecule has 3 amide bonds. The van der Waals surface area contributed by atoms with Crippen LogP contribution in [0.25, 0.3) is 0 Å². The van der Waals surface area contributed by atoms with Gasteiger partial charge in [-0.25, -0.2) is 4.79 Å². The summed E-state index contributed by atoms with van der Waals surface area (Å²) in [5.41, 5.74) is 2.64. The molecule has 1 heterocycles. The summed E-state index contributed by atoms with van der Waals surface area (Å²) in [5, 5.41) is 3.22. The van der Waals surface area contributed by atoms with Gasteiger partial charge in [-0.3, -0.25) is 9.69 Å². The molecule has 6 heteroatoms. The second-order valence-corrected chi connectivity index (χ2v) is 7.04. The van der Waals surface area contributed by atoms with Crippen molar-refractivity contribution in [1.29, 1.82) is 0 Å². The average Bonchev–Trinajstić information content (AvgIpc) is 2.97. The lowest BCUT2D eigenvalue weighted by Gasteiger charge is -2.19. The van der Waals surface area contributed by atoms with Crippen LogP contribution in [0.1, 0.15) is 25.3 Å². The topological polar surface area (TPSA) is 52.6 Å². The summed E-state index contributed by atoms with van der Waals surface area (Å²) in [6, 6.07) is 14.9. The highest BCUT2D eigenvalue weighted by molar-refractivity contribution is 6.33. The van der Waals surface area contributed by atoms with E-state index in [4.69, 9.17) is 11.6 Å². The highest BCUT2D eigenvalue weighted by atomic mass is 35.5. The maximum Gasteiger partial charge on any atom is 0.325 e. The van der Waals surface area contributed by atoms with E-state index >= 15 is 0 Å². The van der Waals surface area contributed by atoms with Crippen LogP contribution < -0.4 is 10.2 Å². The first-order chi connectivity index (χ1) is 12.5. The van der Waals surface area contributed by atoms with Crippen LogP contribution in [0.4, 0.5) is 16.2 Å². The van der Waals surface area contributed by atoms with Crippen molar-refractivity contribution in [3.05, 3.63) is 59.1 Å². The van der Waals surface area contributed by atoms with E-state index in [9.17, 15) is 9.59 Å². The van der Waals surface area contributed by atoms with Gasteiger partial charge in [0.25, 0.3) is 0 Å². The Labute approximate surface area is 158 Å². The molecular weight excluding hydrogens is 350 g/mol. The van der Waals surface area contributed by atoms with E-state index in [1.165, 1.54) is 5.56 Å². The van der Waals surface area contributed by atoms with Gasteiger partial charge in [0.05, 0.1) is 10.7 Å². The van der Waals surface area contributed by atoms with E-state index in [2.05, 4.69) is 19.2 Å². The molecule has 1 saturated heterocycles. The van der Waals surface area contributed by atoms with E-state index in [1.54, 1.807) is 34.1 Å². The third-order valence-electron chi connectivity index (χ3n) is 4.45. The number of carbonyl (C=O) groups excluding carboxylic acids is 2. The van der Waals surface area contributed by atoms with E-state index in [0.717, 1.165) is 5.69 Å². The third-order valence-corrected chi connectivity index (χ3v) is 4.78. The number of benzene rings is 2. The highest BCUT2D eigenvalue weighted by Gasteiger charge is 2.30. The van der Waals surface area contributed by atoms with Crippen LogP contribution in [0.5, 0.6) is 0 Å². The highest BCUT2D eigenvalue weighted by Crippen LogP contribution is 2.24. The van der Waals surface area contributed by atoms with Crippen molar-refractivity contribution in [2.45, 2.75) is 19.8 Å². The molecule has 136 valence electrons. The Kier molecular flexibility index (Phi) is 5.47. The Morgan fingerprint density at radius 2 is 1.81 bits per heavy atom. The number of amides is 3. The van der Waals surface area contributed by atoms with Gasteiger partial charge in [-0.2, -0.15) is 0 Å². The molecule has 0 atom stereocenters. The molecule has 3 rings (SSSR count). The van der Waals surface area contributed by atoms with Gasteiger partial charge in [0.2, 0.25) is 5.91 Å². The Morgan fingerprint density at radius 1 is 1.12 bits per heavy atom. The zero-order valence-electron chi connectivity index (χ0n) is 14.9. The Balaban J connectivity index is 1.62. The second kappa shape index (κ2) is 7.79. The van der Waals surface area contributed by atoms with Crippen molar-refractivity contribution in [3.63, 3.8) is 0 Å². The Hall–Kier alpha value is -2.53. The number of hydrogen-bond donors (Lipinski definition) is 1. The molecule has 0 spiro atoms. The van der Waals surface area contributed by atoms with Gasteiger partial charge < -0.3 is 10.2 Å². The van der Waals surface area contributed by atoms with Crippen LogP contribution in [0.2, 0.25) is 5.02 Å². The van der Waals surface area contributed by atoms with Crippen LogP contribution in [-0.2, 0) is 4.79 Å². The van der Waals surface area contributed by atoms with Gasteiger partial charge in [-0.15, -0.1) is 0 Å². The van der Waals surface area contributed by atoms with Gasteiger partial charge in [0.1, 0.15) is 6.54 Å². The van der Waals surface area contributed by atoms with Crippen LogP contribution >= 0.6 is 11.6 Å². The van der Waals surface area contributed by atoms with Crippen molar-refractivity contribution in [2.75, 3.05) is 29.9 Å². The van der Waals surface area contributed by atoms with Gasteiger partial charge in [-0.05, 0) is 35.7 Å². The fraction of sp³-hybridized carbons (Fsp3) is 0.300. The summed E-state index contributed by atoms with van der Waals surface area (Å²) in [7, 11) is 0. The maximum atomic E-state index is 12.6. The van der Waals surface area contributed by atoms with Crippen molar-refractivity contribution in [2.24, 2.45) is 0 Å².